The van der Waals surface area contributed by atoms with Gasteiger partial charge in [-0.25, -0.2) is 4.98 Å². The van der Waals surface area contributed by atoms with Crippen molar-refractivity contribution in [2.75, 3.05) is 12.4 Å². The number of nitrogens with one attached hydrogen (secondary N) is 1. The quantitative estimate of drug-likeness (QED) is 0.312. The van der Waals surface area contributed by atoms with E-state index in [1.54, 1.807) is 11.6 Å². The Bertz CT molecular complexity index is 1480. The maximum absolute atomic E-state index is 12.8. The van der Waals surface area contributed by atoms with Crippen LogP contribution < -0.4 is 10.1 Å². The van der Waals surface area contributed by atoms with Gasteiger partial charge in [0.05, 0.1) is 19.2 Å². The molecule has 5 aromatic rings. The second kappa shape index (κ2) is 9.99. The Labute approximate surface area is 207 Å². The monoisotopic (exact) mass is 481 g/mol. The molecule has 35 heavy (non-hydrogen) atoms. The number of methoxy groups -OCH3 is 1. The van der Waals surface area contributed by atoms with E-state index >= 15 is 0 Å². The number of anilines is 1. The van der Waals surface area contributed by atoms with Crippen molar-refractivity contribution in [3.05, 3.63) is 96.2 Å². The van der Waals surface area contributed by atoms with Crippen LogP contribution in [0.3, 0.4) is 0 Å². The van der Waals surface area contributed by atoms with E-state index < -0.39 is 0 Å². The first-order valence-corrected chi connectivity index (χ1v) is 11.9. The molecule has 174 valence electrons. The van der Waals surface area contributed by atoms with E-state index in [1.807, 2.05) is 91.9 Å². The van der Waals surface area contributed by atoms with Crippen molar-refractivity contribution in [1.82, 2.24) is 19.6 Å². The number of hydrogen-bond donors (Lipinski definition) is 1. The summed E-state index contributed by atoms with van der Waals surface area (Å²) in [5, 5.41) is 8.62. The van der Waals surface area contributed by atoms with E-state index in [9.17, 15) is 4.79 Å². The summed E-state index contributed by atoms with van der Waals surface area (Å²) in [6, 6.07) is 27.0. The molecule has 5 rings (SSSR count). The molecule has 3 aromatic carbocycles. The zero-order valence-corrected chi connectivity index (χ0v) is 20.1. The summed E-state index contributed by atoms with van der Waals surface area (Å²) in [6.07, 6.45) is 0.269. The zero-order chi connectivity index (χ0) is 24.2. The maximum atomic E-state index is 12.8. The van der Waals surface area contributed by atoms with E-state index in [0.29, 0.717) is 11.6 Å². The molecule has 0 aliphatic rings. The van der Waals surface area contributed by atoms with E-state index in [4.69, 9.17) is 9.84 Å². The van der Waals surface area contributed by atoms with Crippen molar-refractivity contribution in [2.24, 2.45) is 0 Å². The normalized spacial score (nSPS) is 10.9. The van der Waals surface area contributed by atoms with Crippen molar-refractivity contribution in [3.63, 3.8) is 0 Å². The number of hydrogen-bond acceptors (Lipinski definition) is 6. The van der Waals surface area contributed by atoms with Crippen molar-refractivity contribution in [2.45, 2.75) is 23.3 Å². The first kappa shape index (κ1) is 22.6. The molecule has 0 fully saturated rings. The van der Waals surface area contributed by atoms with Crippen molar-refractivity contribution in [1.29, 1.82) is 0 Å². The number of carbonyl (C=O) groups is 1. The van der Waals surface area contributed by atoms with Crippen LogP contribution in [0.25, 0.3) is 17.2 Å². The van der Waals surface area contributed by atoms with E-state index in [-0.39, 0.29) is 12.3 Å². The highest BCUT2D eigenvalue weighted by Gasteiger charge is 2.15. The van der Waals surface area contributed by atoms with Crippen LogP contribution in [0.4, 0.5) is 5.69 Å². The SMILES string of the molecule is COc1ccc(CC(=O)Nc2ccccc2Sc2cc(C)nc3nc(-c4ccccc4)nn23)cc1. The lowest BCUT2D eigenvalue weighted by molar-refractivity contribution is -0.115. The molecule has 0 bridgehead atoms. The van der Waals surface area contributed by atoms with Gasteiger partial charge in [0.15, 0.2) is 5.82 Å². The smallest absolute Gasteiger partial charge is 0.254 e. The van der Waals surface area contributed by atoms with Gasteiger partial charge in [0.25, 0.3) is 5.78 Å². The fourth-order valence-corrected chi connectivity index (χ4v) is 4.67. The highest BCUT2D eigenvalue weighted by atomic mass is 32.2. The topological polar surface area (TPSA) is 81.4 Å². The number of aromatic nitrogens is 4. The highest BCUT2D eigenvalue weighted by molar-refractivity contribution is 7.99. The maximum Gasteiger partial charge on any atom is 0.254 e. The van der Waals surface area contributed by atoms with Gasteiger partial charge in [0.1, 0.15) is 10.8 Å². The van der Waals surface area contributed by atoms with Gasteiger partial charge >= 0.3 is 0 Å². The van der Waals surface area contributed by atoms with E-state index in [0.717, 1.165) is 38.2 Å². The molecule has 2 aromatic heterocycles. The summed E-state index contributed by atoms with van der Waals surface area (Å²) in [5.74, 6) is 1.82. The fraction of sp³-hybridized carbons (Fsp3) is 0.111. The summed E-state index contributed by atoms with van der Waals surface area (Å²) in [6.45, 7) is 1.93. The third-order valence-corrected chi connectivity index (χ3v) is 6.41. The Kier molecular flexibility index (Phi) is 6.45. The number of para-hydroxylation sites is 1. The number of ether oxygens (including phenoxy) is 1. The Morgan fingerprint density at radius 3 is 2.49 bits per heavy atom. The molecule has 0 atom stereocenters. The molecule has 1 amide bonds. The Morgan fingerprint density at radius 1 is 0.971 bits per heavy atom. The average Bonchev–Trinajstić information content (AvgIpc) is 3.30. The van der Waals surface area contributed by atoms with Gasteiger partial charge in [-0.1, -0.05) is 66.4 Å². The first-order valence-electron chi connectivity index (χ1n) is 11.1. The van der Waals surface area contributed by atoms with Crippen LogP contribution in [0.2, 0.25) is 0 Å². The van der Waals surface area contributed by atoms with Gasteiger partial charge in [-0.2, -0.15) is 9.50 Å². The van der Waals surface area contributed by atoms with Crippen LogP contribution in [0.5, 0.6) is 5.75 Å². The van der Waals surface area contributed by atoms with Gasteiger partial charge in [0, 0.05) is 16.2 Å². The molecule has 0 aliphatic carbocycles. The van der Waals surface area contributed by atoms with E-state index in [1.165, 1.54) is 11.8 Å². The summed E-state index contributed by atoms with van der Waals surface area (Å²) < 4.78 is 6.93. The lowest BCUT2D eigenvalue weighted by Crippen LogP contribution is -2.15. The second-order valence-electron chi connectivity index (χ2n) is 7.92. The number of nitrogens with zero attached hydrogens (tertiary/aromatic N) is 4. The van der Waals surface area contributed by atoms with Crippen molar-refractivity contribution >= 4 is 29.1 Å². The standard InChI is InChI=1S/C27H23N5O2S/c1-18-16-25(32-27(28-18)30-26(31-32)20-8-4-3-5-9-20)35-23-11-7-6-10-22(23)29-24(33)17-19-12-14-21(34-2)15-13-19/h3-16H,17H2,1-2H3,(H,29,33). The lowest BCUT2D eigenvalue weighted by Gasteiger charge is -2.12. The Morgan fingerprint density at radius 2 is 1.71 bits per heavy atom. The predicted octanol–water partition coefficient (Wildman–Crippen LogP) is 5.44. The third kappa shape index (κ3) is 5.17. The predicted molar refractivity (Wildman–Crippen MR) is 137 cm³/mol. The second-order valence-corrected chi connectivity index (χ2v) is 8.98. The minimum Gasteiger partial charge on any atom is -0.497 e. The van der Waals surface area contributed by atoms with Gasteiger partial charge < -0.3 is 10.1 Å². The Balaban J connectivity index is 1.40. The molecule has 2 heterocycles. The lowest BCUT2D eigenvalue weighted by atomic mass is 10.1. The minimum atomic E-state index is -0.0913. The summed E-state index contributed by atoms with van der Waals surface area (Å²) in [5.41, 5.74) is 3.42. The highest BCUT2D eigenvalue weighted by Crippen LogP contribution is 2.34. The van der Waals surface area contributed by atoms with Crippen LogP contribution in [-0.4, -0.2) is 32.6 Å². The number of benzene rings is 3. The van der Waals surface area contributed by atoms with Crippen LogP contribution in [0.1, 0.15) is 11.3 Å². The van der Waals surface area contributed by atoms with Gasteiger partial charge in [0.2, 0.25) is 5.91 Å². The van der Waals surface area contributed by atoms with Crippen LogP contribution in [0, 0.1) is 6.92 Å². The fourth-order valence-electron chi connectivity index (χ4n) is 3.63. The van der Waals surface area contributed by atoms with Gasteiger partial charge in [-0.15, -0.1) is 5.10 Å². The molecule has 0 spiro atoms. The molecule has 0 unspecified atom stereocenters. The molecule has 0 saturated carbocycles. The number of amides is 1. The van der Waals surface area contributed by atoms with Gasteiger partial charge in [-0.3, -0.25) is 4.79 Å². The first-order chi connectivity index (χ1) is 17.1. The largest absolute Gasteiger partial charge is 0.497 e. The molecule has 1 N–H and O–H groups in total. The van der Waals surface area contributed by atoms with Crippen LogP contribution >= 0.6 is 11.8 Å². The minimum absolute atomic E-state index is 0.0913. The Hall–Kier alpha value is -4.17. The molecule has 8 heteroatoms. The van der Waals surface area contributed by atoms with E-state index in [2.05, 4.69) is 15.3 Å². The number of aryl methyl sites for hydroxylation is 1. The summed E-state index contributed by atoms with van der Waals surface area (Å²) in [4.78, 5) is 22.9. The number of carbonyl (C=O) groups excluding carboxylic acids is 1. The number of rotatable bonds is 7. The average molecular weight is 482 g/mol. The number of fused-ring (bicyclic) bond motifs is 1. The zero-order valence-electron chi connectivity index (χ0n) is 19.3. The molecule has 7 nitrogen and oxygen atoms in total. The molecular weight excluding hydrogens is 458 g/mol. The van der Waals surface area contributed by atoms with Crippen molar-refractivity contribution < 1.29 is 9.53 Å². The van der Waals surface area contributed by atoms with Gasteiger partial charge in [-0.05, 0) is 42.8 Å². The van der Waals surface area contributed by atoms with Crippen LogP contribution in [0.15, 0.2) is 94.9 Å². The summed E-state index contributed by atoms with van der Waals surface area (Å²) >= 11 is 1.51. The van der Waals surface area contributed by atoms with Crippen LogP contribution in [-0.2, 0) is 11.2 Å². The molecule has 0 aliphatic heterocycles. The third-order valence-electron chi connectivity index (χ3n) is 5.34. The molecular formula is C27H23N5O2S. The molecule has 0 saturated heterocycles. The molecule has 0 radical (unpaired) electrons. The van der Waals surface area contributed by atoms with Crippen molar-refractivity contribution in [3.8, 4) is 17.1 Å². The summed E-state index contributed by atoms with van der Waals surface area (Å²) in [7, 11) is 1.62.